The molecule has 3 heteroatoms. The minimum absolute atomic E-state index is 0.140. The molecule has 1 aromatic heterocycles. The lowest BCUT2D eigenvalue weighted by Gasteiger charge is -2.04. The zero-order chi connectivity index (χ0) is 14.3. The fraction of sp³-hybridized carbons (Fsp3) is 0.118. The van der Waals surface area contributed by atoms with Crippen molar-refractivity contribution in [1.82, 2.24) is 4.98 Å². The Balaban J connectivity index is 2.47. The van der Waals surface area contributed by atoms with Crippen LogP contribution >= 0.6 is 0 Å². The Bertz CT molecular complexity index is 776. The zero-order valence-electron chi connectivity index (χ0n) is 11.2. The number of nitrogens with zero attached hydrogens (tertiary/aromatic N) is 3. The molecule has 1 heterocycles. The summed E-state index contributed by atoms with van der Waals surface area (Å²) in [4.78, 5) is 7.73. The maximum absolute atomic E-state index is 9.24. The molecule has 0 saturated heterocycles. The lowest BCUT2D eigenvalue weighted by Crippen LogP contribution is -1.88. The van der Waals surface area contributed by atoms with Crippen LogP contribution in [0.5, 0.6) is 0 Å². The number of aromatic nitrogens is 1. The lowest BCUT2D eigenvalue weighted by atomic mass is 10.0. The van der Waals surface area contributed by atoms with Gasteiger partial charge in [0.25, 0.3) is 5.70 Å². The number of hydrogen-bond acceptors (Lipinski definition) is 2. The normalized spacial score (nSPS) is 14.0. The van der Waals surface area contributed by atoms with Gasteiger partial charge in [-0.15, -0.1) is 0 Å². The summed E-state index contributed by atoms with van der Waals surface area (Å²) in [5.74, 6) is 0. The highest BCUT2D eigenvalue weighted by molar-refractivity contribution is 6.03. The largest absolute Gasteiger partial charge is 0.270 e. The number of nitriles is 1. The van der Waals surface area contributed by atoms with E-state index in [9.17, 15) is 5.26 Å². The van der Waals surface area contributed by atoms with Gasteiger partial charge >= 0.3 is 0 Å². The standard InChI is InChI=1S/C17H11N3/c1-10-4-5-12-13(6-10)17(16(8-18)19-3)14-7-11(2)20-9-15(12)14/h4-7,9H,1-2H3/b17-16+. The van der Waals surface area contributed by atoms with Gasteiger partial charge in [0.15, 0.2) is 0 Å². The number of aryl methyl sites for hydroxylation is 2. The Morgan fingerprint density at radius 3 is 2.60 bits per heavy atom. The van der Waals surface area contributed by atoms with Crippen molar-refractivity contribution in [3.05, 3.63) is 70.0 Å². The first kappa shape index (κ1) is 12.1. The second-order valence-electron chi connectivity index (χ2n) is 4.87. The van der Waals surface area contributed by atoms with Crippen molar-refractivity contribution >= 4 is 5.57 Å². The lowest BCUT2D eigenvalue weighted by molar-refractivity contribution is 1.20. The second kappa shape index (κ2) is 4.33. The average molecular weight is 257 g/mol. The molecular formula is C17H11N3. The van der Waals surface area contributed by atoms with Crippen LogP contribution in [-0.2, 0) is 0 Å². The molecule has 0 bridgehead atoms. The van der Waals surface area contributed by atoms with Gasteiger partial charge in [0.2, 0.25) is 0 Å². The molecular weight excluding hydrogens is 246 g/mol. The van der Waals surface area contributed by atoms with E-state index in [2.05, 4.69) is 9.83 Å². The predicted octanol–water partition coefficient (Wildman–Crippen LogP) is 3.88. The van der Waals surface area contributed by atoms with Gasteiger partial charge in [-0.05, 0) is 36.6 Å². The van der Waals surface area contributed by atoms with E-state index in [1.165, 1.54) is 0 Å². The molecule has 1 aliphatic carbocycles. The van der Waals surface area contributed by atoms with E-state index in [1.54, 1.807) is 0 Å². The van der Waals surface area contributed by atoms with Gasteiger partial charge in [-0.3, -0.25) is 4.98 Å². The van der Waals surface area contributed by atoms with Crippen molar-refractivity contribution in [3.63, 3.8) is 0 Å². The number of benzene rings is 1. The Morgan fingerprint density at radius 1 is 1.15 bits per heavy atom. The van der Waals surface area contributed by atoms with Gasteiger partial charge in [-0.2, -0.15) is 0 Å². The smallest absolute Gasteiger partial charge is 0.261 e. The van der Waals surface area contributed by atoms with Gasteiger partial charge in [0.05, 0.1) is 12.6 Å². The maximum Gasteiger partial charge on any atom is 0.270 e. The SMILES string of the molecule is [C-]#[N+]/C(C#N)=C1\c2cc(C)ccc2-c2cnc(C)cc21. The first-order valence-electron chi connectivity index (χ1n) is 6.26. The molecule has 0 aliphatic heterocycles. The van der Waals surface area contributed by atoms with Crippen molar-refractivity contribution in [2.75, 3.05) is 0 Å². The molecule has 3 nitrogen and oxygen atoms in total. The molecule has 0 fully saturated rings. The number of rotatable bonds is 0. The van der Waals surface area contributed by atoms with E-state index in [1.807, 2.05) is 50.4 Å². The van der Waals surface area contributed by atoms with Crippen LogP contribution in [0.25, 0.3) is 21.5 Å². The highest BCUT2D eigenvalue weighted by Crippen LogP contribution is 2.45. The minimum atomic E-state index is 0.140. The van der Waals surface area contributed by atoms with E-state index < -0.39 is 0 Å². The van der Waals surface area contributed by atoms with Crippen molar-refractivity contribution in [2.24, 2.45) is 0 Å². The number of pyridine rings is 1. The predicted molar refractivity (Wildman–Crippen MR) is 77.4 cm³/mol. The van der Waals surface area contributed by atoms with Gasteiger partial charge in [-0.1, -0.05) is 23.8 Å². The third kappa shape index (κ3) is 1.61. The van der Waals surface area contributed by atoms with Crippen LogP contribution in [0, 0.1) is 31.8 Å². The Morgan fingerprint density at radius 2 is 1.90 bits per heavy atom. The Hall–Kier alpha value is -2.91. The highest BCUT2D eigenvalue weighted by Gasteiger charge is 2.26. The van der Waals surface area contributed by atoms with E-state index >= 15 is 0 Å². The number of fused-ring (bicyclic) bond motifs is 3. The number of allylic oxidation sites excluding steroid dienone is 1. The van der Waals surface area contributed by atoms with Gasteiger partial charge in [0.1, 0.15) is 0 Å². The molecule has 0 spiro atoms. The van der Waals surface area contributed by atoms with Crippen LogP contribution in [0.15, 0.2) is 36.2 Å². The first-order chi connectivity index (χ1) is 9.65. The van der Waals surface area contributed by atoms with Crippen LogP contribution < -0.4 is 0 Å². The first-order valence-corrected chi connectivity index (χ1v) is 6.26. The van der Waals surface area contributed by atoms with E-state index in [-0.39, 0.29) is 5.70 Å². The third-order valence-electron chi connectivity index (χ3n) is 3.50. The summed E-state index contributed by atoms with van der Waals surface area (Å²) < 4.78 is 0. The summed E-state index contributed by atoms with van der Waals surface area (Å²) in [6.45, 7) is 11.2. The van der Waals surface area contributed by atoms with Crippen LogP contribution in [0.2, 0.25) is 0 Å². The van der Waals surface area contributed by atoms with Crippen molar-refractivity contribution < 1.29 is 0 Å². The van der Waals surface area contributed by atoms with Crippen LogP contribution in [-0.4, -0.2) is 4.98 Å². The molecule has 0 saturated carbocycles. The van der Waals surface area contributed by atoms with Gasteiger partial charge in [-0.25, -0.2) is 10.1 Å². The highest BCUT2D eigenvalue weighted by atomic mass is 14.7. The molecule has 0 unspecified atom stereocenters. The monoisotopic (exact) mass is 257 g/mol. The molecule has 1 aliphatic rings. The van der Waals surface area contributed by atoms with Gasteiger partial charge < -0.3 is 0 Å². The van der Waals surface area contributed by atoms with E-state index in [4.69, 9.17) is 6.57 Å². The molecule has 20 heavy (non-hydrogen) atoms. The third-order valence-corrected chi connectivity index (χ3v) is 3.50. The maximum atomic E-state index is 9.24. The van der Waals surface area contributed by atoms with Crippen LogP contribution in [0.3, 0.4) is 0 Å². The van der Waals surface area contributed by atoms with Crippen molar-refractivity contribution in [2.45, 2.75) is 13.8 Å². The molecule has 0 N–H and O–H groups in total. The number of hydrogen-bond donors (Lipinski definition) is 0. The topological polar surface area (TPSA) is 41.0 Å². The Labute approximate surface area is 117 Å². The van der Waals surface area contributed by atoms with Crippen molar-refractivity contribution in [1.29, 1.82) is 5.26 Å². The van der Waals surface area contributed by atoms with E-state index in [0.29, 0.717) is 0 Å². The summed E-state index contributed by atoms with van der Waals surface area (Å²) >= 11 is 0. The van der Waals surface area contributed by atoms with Crippen LogP contribution in [0.4, 0.5) is 0 Å². The van der Waals surface area contributed by atoms with E-state index in [0.717, 1.165) is 39.1 Å². The molecule has 0 atom stereocenters. The van der Waals surface area contributed by atoms with Crippen molar-refractivity contribution in [3.8, 4) is 17.2 Å². The summed E-state index contributed by atoms with van der Waals surface area (Å²) in [5, 5.41) is 9.24. The van der Waals surface area contributed by atoms with Crippen LogP contribution in [0.1, 0.15) is 22.4 Å². The summed E-state index contributed by atoms with van der Waals surface area (Å²) in [6, 6.07) is 10.1. The summed E-state index contributed by atoms with van der Waals surface area (Å²) in [7, 11) is 0. The zero-order valence-corrected chi connectivity index (χ0v) is 11.2. The fourth-order valence-corrected chi connectivity index (χ4v) is 2.62. The quantitative estimate of drug-likeness (QED) is 0.453. The molecule has 0 radical (unpaired) electrons. The minimum Gasteiger partial charge on any atom is -0.261 e. The Kier molecular flexibility index (Phi) is 2.63. The summed E-state index contributed by atoms with van der Waals surface area (Å²) in [5.41, 5.74) is 6.81. The molecule has 1 aromatic carbocycles. The fourth-order valence-electron chi connectivity index (χ4n) is 2.62. The van der Waals surface area contributed by atoms with Gasteiger partial charge in [0, 0.05) is 23.0 Å². The molecule has 94 valence electrons. The average Bonchev–Trinajstić information content (AvgIpc) is 2.74. The molecule has 0 amide bonds. The molecule has 3 rings (SSSR count). The second-order valence-corrected chi connectivity index (χ2v) is 4.87. The molecule has 2 aromatic rings. The summed E-state index contributed by atoms with van der Waals surface area (Å²) in [6.07, 6.45) is 1.82.